The Balaban J connectivity index is 0.00000162. The van der Waals surface area contributed by atoms with Crippen molar-refractivity contribution >= 4 is 23.8 Å². The molecule has 96 valence electrons. The molecule has 2 aromatic rings. The van der Waals surface area contributed by atoms with E-state index in [0.29, 0.717) is 0 Å². The molecule has 1 unspecified atom stereocenters. The molecule has 3 heteroatoms. The van der Waals surface area contributed by atoms with Crippen molar-refractivity contribution in [3.05, 3.63) is 60.2 Å². The number of rotatable bonds is 4. The summed E-state index contributed by atoms with van der Waals surface area (Å²) in [7, 11) is 0. The second-order valence-corrected chi connectivity index (χ2v) is 4.04. The zero-order chi connectivity index (χ0) is 12.1. The molecule has 2 nitrogen and oxygen atoms in total. The van der Waals surface area contributed by atoms with Crippen LogP contribution in [0.15, 0.2) is 54.6 Å². The lowest BCUT2D eigenvalue weighted by Gasteiger charge is -2.10. The van der Waals surface area contributed by atoms with Gasteiger partial charge in [-0.25, -0.2) is 0 Å². The number of hydrogen-bond acceptors (Lipinski definition) is 2. The number of para-hydroxylation sites is 1. The van der Waals surface area contributed by atoms with E-state index >= 15 is 0 Å². The fraction of sp³-hybridized carbons (Fsp3) is 0.200. The lowest BCUT2D eigenvalue weighted by Crippen LogP contribution is -1.95. The quantitative estimate of drug-likeness (QED) is 0.862. The molecule has 0 bridgehead atoms. The van der Waals surface area contributed by atoms with Crippen LogP contribution in [0.3, 0.4) is 0 Å². The van der Waals surface area contributed by atoms with E-state index in [2.05, 4.69) is 5.32 Å². The summed E-state index contributed by atoms with van der Waals surface area (Å²) in [6, 6.07) is 17.9. The Morgan fingerprint density at radius 3 is 2.06 bits per heavy atom. The summed E-state index contributed by atoms with van der Waals surface area (Å²) in [5.41, 5.74) is 3.06. The van der Waals surface area contributed by atoms with Gasteiger partial charge in [-0.15, -0.1) is 12.4 Å². The van der Waals surface area contributed by atoms with Crippen molar-refractivity contribution in [1.82, 2.24) is 0 Å². The van der Waals surface area contributed by atoms with Gasteiger partial charge in [-0.05, 0) is 36.2 Å². The first-order valence-electron chi connectivity index (χ1n) is 5.89. The highest BCUT2D eigenvalue weighted by Crippen LogP contribution is 2.21. The van der Waals surface area contributed by atoms with Crippen molar-refractivity contribution in [2.24, 2.45) is 0 Å². The number of aliphatic hydroxyl groups excluding tert-OH is 1. The Labute approximate surface area is 114 Å². The highest BCUT2D eigenvalue weighted by atomic mass is 35.5. The molecule has 0 saturated carbocycles. The van der Waals surface area contributed by atoms with Gasteiger partial charge < -0.3 is 10.4 Å². The monoisotopic (exact) mass is 263 g/mol. The molecule has 0 aliphatic carbocycles. The molecular weight excluding hydrogens is 246 g/mol. The normalized spacial score (nSPS) is 11.4. The fourth-order valence-electron chi connectivity index (χ4n) is 1.71. The SMILES string of the molecule is CCC(O)c1ccc(Nc2ccccc2)cc1.Cl. The summed E-state index contributed by atoms with van der Waals surface area (Å²) in [5, 5.41) is 13.0. The van der Waals surface area contributed by atoms with E-state index in [1.807, 2.05) is 61.5 Å². The molecule has 0 heterocycles. The van der Waals surface area contributed by atoms with Crippen LogP contribution >= 0.6 is 12.4 Å². The van der Waals surface area contributed by atoms with E-state index in [4.69, 9.17) is 0 Å². The number of nitrogens with one attached hydrogen (secondary N) is 1. The zero-order valence-corrected chi connectivity index (χ0v) is 11.2. The maximum atomic E-state index is 9.69. The summed E-state index contributed by atoms with van der Waals surface area (Å²) < 4.78 is 0. The van der Waals surface area contributed by atoms with Crippen molar-refractivity contribution in [2.45, 2.75) is 19.4 Å². The second-order valence-electron chi connectivity index (χ2n) is 4.04. The Morgan fingerprint density at radius 2 is 1.50 bits per heavy atom. The Hall–Kier alpha value is -1.51. The minimum Gasteiger partial charge on any atom is -0.388 e. The lowest BCUT2D eigenvalue weighted by atomic mass is 10.1. The van der Waals surface area contributed by atoms with Gasteiger partial charge in [-0.3, -0.25) is 0 Å². The average molecular weight is 264 g/mol. The third kappa shape index (κ3) is 3.76. The number of hydrogen-bond donors (Lipinski definition) is 2. The van der Waals surface area contributed by atoms with Gasteiger partial charge >= 0.3 is 0 Å². The number of benzene rings is 2. The van der Waals surface area contributed by atoms with Crippen LogP contribution in [0.1, 0.15) is 25.0 Å². The first kappa shape index (κ1) is 14.6. The molecule has 0 fully saturated rings. The van der Waals surface area contributed by atoms with Crippen LogP contribution in [0.2, 0.25) is 0 Å². The Kier molecular flexibility index (Phi) is 5.69. The largest absolute Gasteiger partial charge is 0.388 e. The first-order chi connectivity index (χ1) is 8.29. The third-order valence-corrected chi connectivity index (χ3v) is 2.74. The molecule has 0 aromatic heterocycles. The highest BCUT2D eigenvalue weighted by molar-refractivity contribution is 5.85. The predicted octanol–water partition coefficient (Wildman–Crippen LogP) is 4.30. The minimum atomic E-state index is -0.360. The van der Waals surface area contributed by atoms with Crippen molar-refractivity contribution in [1.29, 1.82) is 0 Å². The van der Waals surface area contributed by atoms with Gasteiger partial charge in [0.1, 0.15) is 0 Å². The molecular formula is C15H18ClNO. The van der Waals surface area contributed by atoms with Crippen LogP contribution in [0.4, 0.5) is 11.4 Å². The summed E-state index contributed by atoms with van der Waals surface area (Å²) in [6.07, 6.45) is 0.381. The van der Waals surface area contributed by atoms with Crippen molar-refractivity contribution in [3.63, 3.8) is 0 Å². The van der Waals surface area contributed by atoms with Crippen molar-refractivity contribution < 1.29 is 5.11 Å². The molecule has 2 rings (SSSR count). The summed E-state index contributed by atoms with van der Waals surface area (Å²) in [6.45, 7) is 1.97. The maximum absolute atomic E-state index is 9.69. The molecule has 2 aromatic carbocycles. The van der Waals surface area contributed by atoms with Crippen LogP contribution in [-0.4, -0.2) is 5.11 Å². The van der Waals surface area contributed by atoms with E-state index in [1.165, 1.54) is 0 Å². The summed E-state index contributed by atoms with van der Waals surface area (Å²) >= 11 is 0. The number of anilines is 2. The van der Waals surface area contributed by atoms with Gasteiger partial charge in [0, 0.05) is 11.4 Å². The molecule has 2 N–H and O–H groups in total. The summed E-state index contributed by atoms with van der Waals surface area (Å²) in [5.74, 6) is 0. The van der Waals surface area contributed by atoms with Crippen LogP contribution < -0.4 is 5.32 Å². The van der Waals surface area contributed by atoms with Crippen LogP contribution in [-0.2, 0) is 0 Å². The van der Waals surface area contributed by atoms with E-state index in [1.54, 1.807) is 0 Å². The first-order valence-corrected chi connectivity index (χ1v) is 5.89. The highest BCUT2D eigenvalue weighted by Gasteiger charge is 2.03. The molecule has 0 amide bonds. The van der Waals surface area contributed by atoms with Crippen molar-refractivity contribution in [3.8, 4) is 0 Å². The molecule has 0 aliphatic heterocycles. The van der Waals surface area contributed by atoms with Gasteiger partial charge in [0.15, 0.2) is 0 Å². The van der Waals surface area contributed by atoms with Gasteiger partial charge in [0.2, 0.25) is 0 Å². The lowest BCUT2D eigenvalue weighted by molar-refractivity contribution is 0.173. The van der Waals surface area contributed by atoms with E-state index in [0.717, 1.165) is 23.4 Å². The molecule has 0 spiro atoms. The molecule has 0 radical (unpaired) electrons. The topological polar surface area (TPSA) is 32.3 Å². The fourth-order valence-corrected chi connectivity index (χ4v) is 1.71. The van der Waals surface area contributed by atoms with Gasteiger partial charge in [-0.2, -0.15) is 0 Å². The van der Waals surface area contributed by atoms with Crippen molar-refractivity contribution in [2.75, 3.05) is 5.32 Å². The Morgan fingerprint density at radius 1 is 0.944 bits per heavy atom. The van der Waals surface area contributed by atoms with Crippen LogP contribution in [0.5, 0.6) is 0 Å². The van der Waals surface area contributed by atoms with E-state index in [-0.39, 0.29) is 18.5 Å². The zero-order valence-electron chi connectivity index (χ0n) is 10.3. The smallest absolute Gasteiger partial charge is 0.0787 e. The standard InChI is InChI=1S/C15H17NO.ClH/c1-2-15(17)12-8-10-14(11-9-12)16-13-6-4-3-5-7-13;/h3-11,15-17H,2H2,1H3;1H. The predicted molar refractivity (Wildman–Crippen MR) is 78.7 cm³/mol. The van der Waals surface area contributed by atoms with E-state index < -0.39 is 0 Å². The number of aliphatic hydroxyl groups is 1. The van der Waals surface area contributed by atoms with E-state index in [9.17, 15) is 5.11 Å². The van der Waals surface area contributed by atoms with Gasteiger partial charge in [0.05, 0.1) is 6.10 Å². The minimum absolute atomic E-state index is 0. The maximum Gasteiger partial charge on any atom is 0.0787 e. The molecule has 1 atom stereocenters. The second kappa shape index (κ2) is 7.04. The molecule has 0 aliphatic rings. The third-order valence-electron chi connectivity index (χ3n) is 2.74. The molecule has 0 saturated heterocycles. The van der Waals surface area contributed by atoms with Gasteiger partial charge in [-0.1, -0.05) is 37.3 Å². The van der Waals surface area contributed by atoms with Crippen LogP contribution in [0, 0.1) is 0 Å². The summed E-state index contributed by atoms with van der Waals surface area (Å²) in [4.78, 5) is 0. The number of halogens is 1. The average Bonchev–Trinajstić information content (AvgIpc) is 2.40. The molecule has 18 heavy (non-hydrogen) atoms. The van der Waals surface area contributed by atoms with Crippen LogP contribution in [0.25, 0.3) is 0 Å². The Bertz CT molecular complexity index is 456. The van der Waals surface area contributed by atoms with Gasteiger partial charge in [0.25, 0.3) is 0 Å².